The molecule has 3 aromatic rings. The predicted octanol–water partition coefficient (Wildman–Crippen LogP) is 4.46. The van der Waals surface area contributed by atoms with Gasteiger partial charge in [-0.25, -0.2) is 14.4 Å². The van der Waals surface area contributed by atoms with Crippen LogP contribution in [0.5, 0.6) is 5.88 Å². The molecule has 0 fully saturated rings. The van der Waals surface area contributed by atoms with Gasteiger partial charge in [-0.1, -0.05) is 25.5 Å². The average Bonchev–Trinajstić information content (AvgIpc) is 3.05. The number of benzene rings is 1. The van der Waals surface area contributed by atoms with Gasteiger partial charge in [0, 0.05) is 11.8 Å². The molecule has 4 nitrogen and oxygen atoms in total. The van der Waals surface area contributed by atoms with Crippen molar-refractivity contribution in [1.29, 1.82) is 0 Å². The molecular weight excluding hydrogens is 293 g/mol. The number of rotatable bonds is 6. The quantitative estimate of drug-likeness (QED) is 0.684. The Morgan fingerprint density at radius 2 is 1.91 bits per heavy atom. The van der Waals surface area contributed by atoms with E-state index in [1.807, 2.05) is 12.1 Å². The molecule has 0 bridgehead atoms. The third-order valence-corrected chi connectivity index (χ3v) is 3.50. The molecule has 0 aliphatic heterocycles. The van der Waals surface area contributed by atoms with Crippen molar-refractivity contribution < 1.29 is 9.13 Å². The maximum atomic E-state index is 13.9. The van der Waals surface area contributed by atoms with Crippen molar-refractivity contribution in [2.75, 3.05) is 6.61 Å². The summed E-state index contributed by atoms with van der Waals surface area (Å²) >= 11 is 0. The van der Waals surface area contributed by atoms with Gasteiger partial charge in [0.25, 0.3) is 0 Å². The van der Waals surface area contributed by atoms with Crippen molar-refractivity contribution >= 4 is 0 Å². The van der Waals surface area contributed by atoms with Crippen LogP contribution in [0.1, 0.15) is 19.8 Å². The van der Waals surface area contributed by atoms with Gasteiger partial charge < -0.3 is 9.72 Å². The van der Waals surface area contributed by atoms with E-state index < -0.39 is 0 Å². The third kappa shape index (κ3) is 3.39. The van der Waals surface area contributed by atoms with Gasteiger partial charge >= 0.3 is 0 Å². The van der Waals surface area contributed by atoms with Gasteiger partial charge in [-0.3, -0.25) is 0 Å². The van der Waals surface area contributed by atoms with Crippen LogP contribution in [-0.4, -0.2) is 21.6 Å². The second-order valence-electron chi connectivity index (χ2n) is 5.18. The highest BCUT2D eigenvalue weighted by atomic mass is 19.1. The molecule has 0 amide bonds. The van der Waals surface area contributed by atoms with Crippen LogP contribution in [0.25, 0.3) is 22.6 Å². The van der Waals surface area contributed by atoms with E-state index >= 15 is 0 Å². The Kier molecular flexibility index (Phi) is 4.66. The number of hydrogen-bond acceptors (Lipinski definition) is 3. The number of hydrogen-bond donors (Lipinski definition) is 1. The van der Waals surface area contributed by atoms with E-state index in [1.165, 1.54) is 6.07 Å². The second-order valence-corrected chi connectivity index (χ2v) is 5.18. The normalized spacial score (nSPS) is 10.7. The molecular formula is C18H18FN3O. The number of pyridine rings is 1. The zero-order valence-electron chi connectivity index (χ0n) is 12.9. The molecule has 0 atom stereocenters. The topological polar surface area (TPSA) is 50.8 Å². The largest absolute Gasteiger partial charge is 0.477 e. The number of unbranched alkanes of at least 4 members (excludes halogenated alkanes) is 1. The maximum Gasteiger partial charge on any atom is 0.224 e. The molecule has 0 unspecified atom stereocenters. The molecule has 5 heteroatoms. The molecule has 0 saturated heterocycles. The Balaban J connectivity index is 1.90. The van der Waals surface area contributed by atoms with E-state index in [4.69, 9.17) is 4.74 Å². The van der Waals surface area contributed by atoms with Crippen molar-refractivity contribution in [3.05, 3.63) is 54.6 Å². The van der Waals surface area contributed by atoms with Crippen molar-refractivity contribution in [3.63, 3.8) is 0 Å². The molecule has 0 aliphatic carbocycles. The van der Waals surface area contributed by atoms with Gasteiger partial charge in [0.05, 0.1) is 24.1 Å². The molecule has 118 valence electrons. The van der Waals surface area contributed by atoms with Crippen LogP contribution >= 0.6 is 0 Å². The van der Waals surface area contributed by atoms with E-state index in [0.29, 0.717) is 29.6 Å². The van der Waals surface area contributed by atoms with Crippen molar-refractivity contribution in [2.45, 2.75) is 19.8 Å². The van der Waals surface area contributed by atoms with E-state index in [1.54, 1.807) is 30.6 Å². The minimum atomic E-state index is -0.284. The summed E-state index contributed by atoms with van der Waals surface area (Å²) in [5.74, 6) is 0.867. The van der Waals surface area contributed by atoms with E-state index in [9.17, 15) is 4.39 Å². The molecule has 2 aromatic heterocycles. The highest BCUT2D eigenvalue weighted by Gasteiger charge is 2.13. The number of halogens is 1. The molecule has 0 radical (unpaired) electrons. The van der Waals surface area contributed by atoms with Gasteiger partial charge in [0.2, 0.25) is 5.88 Å². The summed E-state index contributed by atoms with van der Waals surface area (Å²) in [7, 11) is 0. The fraction of sp³-hybridized carbons (Fsp3) is 0.222. The number of ether oxygens (including phenoxy) is 1. The Hall–Kier alpha value is -2.69. The number of nitrogens with one attached hydrogen (secondary N) is 1. The fourth-order valence-electron chi connectivity index (χ4n) is 2.27. The number of aromatic nitrogens is 3. The summed E-state index contributed by atoms with van der Waals surface area (Å²) in [6.45, 7) is 2.72. The second kappa shape index (κ2) is 7.05. The van der Waals surface area contributed by atoms with Gasteiger partial charge in [0.15, 0.2) is 0 Å². The van der Waals surface area contributed by atoms with E-state index in [2.05, 4.69) is 21.9 Å². The summed E-state index contributed by atoms with van der Waals surface area (Å²) in [6, 6.07) is 10.3. The lowest BCUT2D eigenvalue weighted by molar-refractivity contribution is 0.299. The summed E-state index contributed by atoms with van der Waals surface area (Å²) < 4.78 is 19.6. The zero-order valence-corrected chi connectivity index (χ0v) is 12.9. The standard InChI is InChI=1S/C18H18FN3O/c1-2-3-11-23-18-14(8-6-10-20-18)17-21-12-16(22-17)13-7-4-5-9-15(13)19/h4-10,12H,2-3,11H2,1H3,(H,21,22). The van der Waals surface area contributed by atoms with Gasteiger partial charge in [-0.2, -0.15) is 0 Å². The van der Waals surface area contributed by atoms with Gasteiger partial charge in [-0.05, 0) is 30.7 Å². The number of nitrogens with zero attached hydrogens (tertiary/aromatic N) is 2. The van der Waals surface area contributed by atoms with Crippen LogP contribution in [-0.2, 0) is 0 Å². The summed E-state index contributed by atoms with van der Waals surface area (Å²) in [5, 5.41) is 0. The molecule has 0 spiro atoms. The van der Waals surface area contributed by atoms with Crippen LogP contribution in [0.2, 0.25) is 0 Å². The minimum Gasteiger partial charge on any atom is -0.477 e. The number of aromatic amines is 1. The molecule has 3 rings (SSSR count). The average molecular weight is 311 g/mol. The first kappa shape index (κ1) is 15.2. The Morgan fingerprint density at radius 1 is 1.09 bits per heavy atom. The monoisotopic (exact) mass is 311 g/mol. The Labute approximate surface area is 134 Å². The Morgan fingerprint density at radius 3 is 2.74 bits per heavy atom. The molecule has 23 heavy (non-hydrogen) atoms. The molecule has 1 N–H and O–H groups in total. The first-order valence-corrected chi connectivity index (χ1v) is 7.67. The van der Waals surface area contributed by atoms with Gasteiger partial charge in [-0.15, -0.1) is 0 Å². The third-order valence-electron chi connectivity index (χ3n) is 3.50. The smallest absolute Gasteiger partial charge is 0.224 e. The number of H-pyrrole nitrogens is 1. The molecule has 1 aromatic carbocycles. The SMILES string of the molecule is CCCCOc1ncccc1-c1ncc(-c2ccccc2F)[nH]1. The lowest BCUT2D eigenvalue weighted by Crippen LogP contribution is -2.00. The zero-order chi connectivity index (χ0) is 16.1. The summed E-state index contributed by atoms with van der Waals surface area (Å²) in [5.41, 5.74) is 1.89. The highest BCUT2D eigenvalue weighted by Crippen LogP contribution is 2.28. The van der Waals surface area contributed by atoms with Crippen molar-refractivity contribution in [1.82, 2.24) is 15.0 Å². The van der Waals surface area contributed by atoms with E-state index in [0.717, 1.165) is 18.4 Å². The molecule has 0 saturated carbocycles. The summed E-state index contributed by atoms with van der Waals surface area (Å²) in [6.07, 6.45) is 5.33. The van der Waals surface area contributed by atoms with E-state index in [-0.39, 0.29) is 5.82 Å². The molecule has 2 heterocycles. The minimum absolute atomic E-state index is 0.284. The van der Waals surface area contributed by atoms with Crippen LogP contribution < -0.4 is 4.74 Å². The van der Waals surface area contributed by atoms with Crippen LogP contribution in [0, 0.1) is 5.82 Å². The van der Waals surface area contributed by atoms with Crippen LogP contribution in [0.4, 0.5) is 4.39 Å². The Bertz CT molecular complexity index is 785. The first-order valence-electron chi connectivity index (χ1n) is 7.67. The highest BCUT2D eigenvalue weighted by molar-refractivity contribution is 5.67. The lowest BCUT2D eigenvalue weighted by Gasteiger charge is -2.08. The van der Waals surface area contributed by atoms with Gasteiger partial charge in [0.1, 0.15) is 11.6 Å². The fourth-order valence-corrected chi connectivity index (χ4v) is 2.27. The molecule has 0 aliphatic rings. The summed E-state index contributed by atoms with van der Waals surface area (Å²) in [4.78, 5) is 11.8. The predicted molar refractivity (Wildman–Crippen MR) is 87.6 cm³/mol. The van der Waals surface area contributed by atoms with Crippen LogP contribution in [0.3, 0.4) is 0 Å². The van der Waals surface area contributed by atoms with Crippen molar-refractivity contribution in [2.24, 2.45) is 0 Å². The van der Waals surface area contributed by atoms with Crippen molar-refractivity contribution in [3.8, 4) is 28.5 Å². The lowest BCUT2D eigenvalue weighted by atomic mass is 10.1. The maximum absolute atomic E-state index is 13.9. The number of imidazole rings is 1. The van der Waals surface area contributed by atoms with Crippen LogP contribution in [0.15, 0.2) is 48.8 Å². The first-order chi connectivity index (χ1) is 11.3.